The van der Waals surface area contributed by atoms with E-state index in [1.807, 2.05) is 0 Å². The van der Waals surface area contributed by atoms with Crippen molar-refractivity contribution in [2.24, 2.45) is 5.92 Å². The Morgan fingerprint density at radius 1 is 1.25 bits per heavy atom. The van der Waals surface area contributed by atoms with Gasteiger partial charge in [-0.1, -0.05) is 19.3 Å². The maximum absolute atomic E-state index is 11.9. The molecule has 0 aromatic carbocycles. The molecule has 108 valence electrons. The van der Waals surface area contributed by atoms with Gasteiger partial charge in [-0.3, -0.25) is 20.4 Å². The van der Waals surface area contributed by atoms with E-state index in [1.165, 1.54) is 12.6 Å². The lowest BCUT2D eigenvalue weighted by Crippen LogP contribution is -2.45. The minimum Gasteiger partial charge on any atom is -0.383 e. The van der Waals surface area contributed by atoms with Crippen molar-refractivity contribution in [3.05, 3.63) is 22.3 Å². The van der Waals surface area contributed by atoms with Crippen LogP contribution in [-0.4, -0.2) is 16.8 Å². The number of nitrogen functional groups attached to an aromatic ring is 1. The lowest BCUT2D eigenvalue weighted by Gasteiger charge is -2.20. The van der Waals surface area contributed by atoms with Crippen LogP contribution in [0.25, 0.3) is 0 Å². The highest BCUT2D eigenvalue weighted by Crippen LogP contribution is 2.23. The smallest absolute Gasteiger partial charge is 0.273 e. The lowest BCUT2D eigenvalue weighted by molar-refractivity contribution is -0.126. The highest BCUT2D eigenvalue weighted by Gasteiger charge is 2.21. The predicted molar refractivity (Wildman–Crippen MR) is 78.5 cm³/mol. The number of anilines is 1. The zero-order valence-electron chi connectivity index (χ0n) is 11.0. The summed E-state index contributed by atoms with van der Waals surface area (Å²) in [6.45, 7) is 0. The molecule has 1 fully saturated rings. The average molecular weight is 341 g/mol. The van der Waals surface area contributed by atoms with Gasteiger partial charge in [-0.25, -0.2) is 4.98 Å². The Morgan fingerprint density at radius 3 is 2.65 bits per heavy atom. The van der Waals surface area contributed by atoms with E-state index in [0.717, 1.165) is 25.7 Å². The summed E-state index contributed by atoms with van der Waals surface area (Å²) < 4.78 is 0.649. The maximum atomic E-state index is 11.9. The molecule has 0 saturated heterocycles. The molecule has 2 amide bonds. The molecule has 0 aliphatic heterocycles. The molecule has 0 unspecified atom stereocenters. The molecule has 20 heavy (non-hydrogen) atoms. The molecule has 1 saturated carbocycles. The number of nitrogens with one attached hydrogen (secondary N) is 2. The normalized spacial score (nSPS) is 15.7. The first-order valence-electron chi connectivity index (χ1n) is 6.59. The number of halogens is 1. The van der Waals surface area contributed by atoms with E-state index in [-0.39, 0.29) is 23.2 Å². The molecule has 0 atom stereocenters. The number of hydrazine groups is 1. The van der Waals surface area contributed by atoms with Gasteiger partial charge in [0.2, 0.25) is 5.91 Å². The summed E-state index contributed by atoms with van der Waals surface area (Å²) in [6.07, 6.45) is 6.57. The van der Waals surface area contributed by atoms with Crippen molar-refractivity contribution in [1.29, 1.82) is 0 Å². The van der Waals surface area contributed by atoms with Crippen molar-refractivity contribution >= 4 is 33.6 Å². The van der Waals surface area contributed by atoms with Crippen LogP contribution in [-0.2, 0) is 4.79 Å². The van der Waals surface area contributed by atoms with Gasteiger partial charge in [0, 0.05) is 16.6 Å². The van der Waals surface area contributed by atoms with Crippen LogP contribution in [0.2, 0.25) is 0 Å². The van der Waals surface area contributed by atoms with Crippen molar-refractivity contribution < 1.29 is 9.59 Å². The molecule has 6 nitrogen and oxygen atoms in total. The van der Waals surface area contributed by atoms with Gasteiger partial charge in [-0.2, -0.15) is 0 Å². The largest absolute Gasteiger partial charge is 0.383 e. The number of rotatable bonds is 2. The molecule has 1 aromatic heterocycles. The number of carbonyl (C=O) groups is 2. The summed E-state index contributed by atoms with van der Waals surface area (Å²) >= 11 is 3.22. The summed E-state index contributed by atoms with van der Waals surface area (Å²) in [5.41, 5.74) is 10.7. The van der Waals surface area contributed by atoms with Crippen LogP contribution in [0.5, 0.6) is 0 Å². The van der Waals surface area contributed by atoms with E-state index < -0.39 is 5.91 Å². The third kappa shape index (κ3) is 3.69. The number of nitrogens with two attached hydrogens (primary N) is 1. The zero-order valence-corrected chi connectivity index (χ0v) is 12.6. The SMILES string of the molecule is Nc1ncc(Br)cc1C(=O)NNC(=O)C1CCCCC1. The van der Waals surface area contributed by atoms with Crippen LogP contribution in [0, 0.1) is 5.92 Å². The van der Waals surface area contributed by atoms with E-state index in [2.05, 4.69) is 31.8 Å². The second kappa shape index (κ2) is 6.69. The Kier molecular flexibility index (Phi) is 4.94. The first-order chi connectivity index (χ1) is 9.58. The van der Waals surface area contributed by atoms with E-state index in [1.54, 1.807) is 6.07 Å². The van der Waals surface area contributed by atoms with Crippen molar-refractivity contribution in [2.75, 3.05) is 5.73 Å². The van der Waals surface area contributed by atoms with Crippen LogP contribution in [0.4, 0.5) is 5.82 Å². The predicted octanol–water partition coefficient (Wildman–Crippen LogP) is 1.77. The van der Waals surface area contributed by atoms with E-state index in [0.29, 0.717) is 4.47 Å². The van der Waals surface area contributed by atoms with Gasteiger partial charge in [0.25, 0.3) is 5.91 Å². The van der Waals surface area contributed by atoms with Crippen LogP contribution in [0.1, 0.15) is 42.5 Å². The number of pyridine rings is 1. The Labute approximate surface area is 125 Å². The molecule has 4 N–H and O–H groups in total. The lowest BCUT2D eigenvalue weighted by atomic mass is 9.89. The molecule has 1 aliphatic rings. The summed E-state index contributed by atoms with van der Waals surface area (Å²) in [5, 5.41) is 0. The number of hydrogen-bond acceptors (Lipinski definition) is 4. The quantitative estimate of drug-likeness (QED) is 0.714. The van der Waals surface area contributed by atoms with Crippen molar-refractivity contribution in [1.82, 2.24) is 15.8 Å². The summed E-state index contributed by atoms with van der Waals surface area (Å²) in [6, 6.07) is 1.56. The van der Waals surface area contributed by atoms with Crippen molar-refractivity contribution in [3.8, 4) is 0 Å². The molecule has 1 aliphatic carbocycles. The molecule has 2 rings (SSSR count). The number of nitrogens with zero attached hydrogens (tertiary/aromatic N) is 1. The second-order valence-corrected chi connectivity index (χ2v) is 5.78. The number of hydrogen-bond donors (Lipinski definition) is 3. The first-order valence-corrected chi connectivity index (χ1v) is 7.38. The molecular formula is C13H17BrN4O2. The fraction of sp³-hybridized carbons (Fsp3) is 0.462. The topological polar surface area (TPSA) is 97.1 Å². The molecule has 0 spiro atoms. The monoisotopic (exact) mass is 340 g/mol. The minimum atomic E-state index is -0.472. The second-order valence-electron chi connectivity index (χ2n) is 4.86. The third-order valence-electron chi connectivity index (χ3n) is 3.40. The molecule has 1 heterocycles. The van der Waals surface area contributed by atoms with Crippen molar-refractivity contribution in [3.63, 3.8) is 0 Å². The third-order valence-corrected chi connectivity index (χ3v) is 3.84. The maximum Gasteiger partial charge on any atom is 0.273 e. The molecule has 7 heteroatoms. The molecular weight excluding hydrogens is 324 g/mol. The molecule has 0 bridgehead atoms. The van der Waals surface area contributed by atoms with Gasteiger partial charge < -0.3 is 5.73 Å². The Bertz CT molecular complexity index is 515. The van der Waals surface area contributed by atoms with Crippen LogP contribution in [0.15, 0.2) is 16.7 Å². The number of aromatic nitrogens is 1. The van der Waals surface area contributed by atoms with Crippen LogP contribution < -0.4 is 16.6 Å². The summed E-state index contributed by atoms with van der Waals surface area (Å²) in [7, 11) is 0. The highest BCUT2D eigenvalue weighted by molar-refractivity contribution is 9.10. The molecule has 0 radical (unpaired) electrons. The number of amides is 2. The summed E-state index contributed by atoms with van der Waals surface area (Å²) in [5.74, 6) is -0.500. The Balaban J connectivity index is 1.91. The Hall–Kier alpha value is -1.63. The fourth-order valence-corrected chi connectivity index (χ4v) is 2.62. The standard InChI is InChI=1S/C13H17BrN4O2/c14-9-6-10(11(15)16-7-9)13(20)18-17-12(19)8-4-2-1-3-5-8/h6-8H,1-5H2,(H2,15,16)(H,17,19)(H,18,20). The first kappa shape index (κ1) is 14.8. The van der Waals surface area contributed by atoms with E-state index >= 15 is 0 Å². The van der Waals surface area contributed by atoms with Gasteiger partial charge in [0.15, 0.2) is 0 Å². The van der Waals surface area contributed by atoms with Gasteiger partial charge >= 0.3 is 0 Å². The fourth-order valence-electron chi connectivity index (χ4n) is 2.28. The van der Waals surface area contributed by atoms with Crippen LogP contribution in [0.3, 0.4) is 0 Å². The summed E-state index contributed by atoms with van der Waals surface area (Å²) in [4.78, 5) is 27.7. The van der Waals surface area contributed by atoms with Gasteiger partial charge in [-0.05, 0) is 34.8 Å². The van der Waals surface area contributed by atoms with Gasteiger partial charge in [-0.15, -0.1) is 0 Å². The van der Waals surface area contributed by atoms with Crippen LogP contribution >= 0.6 is 15.9 Å². The van der Waals surface area contributed by atoms with Gasteiger partial charge in [0.1, 0.15) is 5.82 Å². The van der Waals surface area contributed by atoms with Gasteiger partial charge in [0.05, 0.1) is 5.56 Å². The highest BCUT2D eigenvalue weighted by atomic mass is 79.9. The molecule has 1 aromatic rings. The average Bonchev–Trinajstić information content (AvgIpc) is 2.47. The van der Waals surface area contributed by atoms with E-state index in [4.69, 9.17) is 5.73 Å². The van der Waals surface area contributed by atoms with E-state index in [9.17, 15) is 9.59 Å². The number of carbonyl (C=O) groups excluding carboxylic acids is 2. The zero-order chi connectivity index (χ0) is 14.5. The Morgan fingerprint density at radius 2 is 1.95 bits per heavy atom. The van der Waals surface area contributed by atoms with Crippen molar-refractivity contribution in [2.45, 2.75) is 32.1 Å². The minimum absolute atomic E-state index is 0.0120.